The number of hydrogen-bond acceptors (Lipinski definition) is 3. The van der Waals surface area contributed by atoms with Crippen LogP contribution in [0.25, 0.3) is 0 Å². The summed E-state index contributed by atoms with van der Waals surface area (Å²) in [7, 11) is 0. The minimum atomic E-state index is -0.115. The molecule has 3 rings (SSSR count). The van der Waals surface area contributed by atoms with Gasteiger partial charge in [0.15, 0.2) is 0 Å². The topological polar surface area (TPSA) is 24.5 Å². The predicted octanol–water partition coefficient (Wildman–Crippen LogP) is 3.69. The largest absolute Gasteiger partial charge is 0.484 e. The number of hydrogen-bond donors (Lipinski definition) is 1. The Balaban J connectivity index is 1.67. The average molecular weight is 288 g/mol. The van der Waals surface area contributed by atoms with Gasteiger partial charge in [-0.1, -0.05) is 12.5 Å². The molecule has 3 nitrogen and oxygen atoms in total. The molecule has 1 atom stereocenters. The lowest BCUT2D eigenvalue weighted by molar-refractivity contribution is 0.116. The number of fused-ring (bicyclic) bond motifs is 1. The number of ether oxygens (including phenoxy) is 1. The van der Waals surface area contributed by atoms with E-state index in [9.17, 15) is 0 Å². The summed E-state index contributed by atoms with van der Waals surface area (Å²) in [5.74, 6) is 0.987. The third kappa shape index (κ3) is 3.52. The number of anilines is 1. The van der Waals surface area contributed by atoms with Crippen LogP contribution in [0.15, 0.2) is 18.2 Å². The van der Waals surface area contributed by atoms with Gasteiger partial charge in [0.1, 0.15) is 11.4 Å². The minimum Gasteiger partial charge on any atom is -0.484 e. The van der Waals surface area contributed by atoms with Gasteiger partial charge in [-0.2, -0.15) is 0 Å². The summed E-state index contributed by atoms with van der Waals surface area (Å²) in [6.07, 6.45) is 5.25. The van der Waals surface area contributed by atoms with E-state index in [1.165, 1.54) is 37.9 Å². The third-order valence-corrected chi connectivity index (χ3v) is 4.68. The highest BCUT2D eigenvalue weighted by molar-refractivity contribution is 5.60. The van der Waals surface area contributed by atoms with Crippen LogP contribution in [0.3, 0.4) is 0 Å². The van der Waals surface area contributed by atoms with Gasteiger partial charge < -0.3 is 15.0 Å². The van der Waals surface area contributed by atoms with Crippen molar-refractivity contribution in [2.75, 3.05) is 25.0 Å². The Morgan fingerprint density at radius 1 is 1.24 bits per heavy atom. The zero-order valence-electron chi connectivity index (χ0n) is 13.6. The van der Waals surface area contributed by atoms with Gasteiger partial charge in [0, 0.05) is 6.04 Å². The molecule has 1 saturated heterocycles. The summed E-state index contributed by atoms with van der Waals surface area (Å²) < 4.78 is 6.02. The summed E-state index contributed by atoms with van der Waals surface area (Å²) >= 11 is 0. The molecular weight excluding hydrogens is 260 g/mol. The molecule has 2 heterocycles. The summed E-state index contributed by atoms with van der Waals surface area (Å²) in [6.45, 7) is 10.00. The molecule has 21 heavy (non-hydrogen) atoms. The Hall–Kier alpha value is -1.22. The molecule has 1 fully saturated rings. The molecule has 0 bridgehead atoms. The van der Waals surface area contributed by atoms with E-state index in [1.807, 2.05) is 0 Å². The van der Waals surface area contributed by atoms with E-state index >= 15 is 0 Å². The van der Waals surface area contributed by atoms with E-state index in [2.05, 4.69) is 49.2 Å². The fourth-order valence-electron chi connectivity index (χ4n) is 3.40. The van der Waals surface area contributed by atoms with Gasteiger partial charge in [0.2, 0.25) is 0 Å². The van der Waals surface area contributed by atoms with Gasteiger partial charge in [-0.25, -0.2) is 0 Å². The summed E-state index contributed by atoms with van der Waals surface area (Å²) in [5, 5.41) is 3.51. The van der Waals surface area contributed by atoms with E-state index in [0.717, 1.165) is 24.4 Å². The van der Waals surface area contributed by atoms with Crippen LogP contribution in [0.5, 0.6) is 5.75 Å². The Labute approximate surface area is 128 Å². The first-order valence-corrected chi connectivity index (χ1v) is 8.33. The molecule has 2 aliphatic rings. The normalized spacial score (nSPS) is 22.8. The lowest BCUT2D eigenvalue weighted by atomic mass is 10.0. The zero-order valence-corrected chi connectivity index (χ0v) is 13.6. The third-order valence-electron chi connectivity index (χ3n) is 4.68. The quantitative estimate of drug-likeness (QED) is 0.918. The summed E-state index contributed by atoms with van der Waals surface area (Å²) in [4.78, 5) is 2.63. The number of nitrogens with zero attached hydrogens (tertiary/aromatic N) is 1. The fraction of sp³-hybridized carbons (Fsp3) is 0.667. The molecule has 0 saturated carbocycles. The molecule has 1 unspecified atom stereocenters. The summed E-state index contributed by atoms with van der Waals surface area (Å²) in [6, 6.07) is 7.25. The minimum absolute atomic E-state index is 0.115. The number of likely N-dealkylation sites (tertiary alicyclic amines) is 1. The highest BCUT2D eigenvalue weighted by Gasteiger charge is 2.26. The smallest absolute Gasteiger partial charge is 0.143 e. The van der Waals surface area contributed by atoms with Crippen molar-refractivity contribution in [3.05, 3.63) is 23.8 Å². The second-order valence-corrected chi connectivity index (χ2v) is 7.20. The van der Waals surface area contributed by atoms with Gasteiger partial charge in [-0.15, -0.1) is 0 Å². The van der Waals surface area contributed by atoms with Crippen LogP contribution < -0.4 is 10.1 Å². The SMILES string of the molecule is CC(Cc1ccc2c(c1)NCC(C)(C)O2)N1CCCCC1. The molecule has 116 valence electrons. The van der Waals surface area contributed by atoms with Crippen molar-refractivity contribution in [2.24, 2.45) is 0 Å². The second kappa shape index (κ2) is 5.88. The Kier molecular flexibility index (Phi) is 4.12. The van der Waals surface area contributed by atoms with Crippen LogP contribution in [-0.4, -0.2) is 36.2 Å². The number of rotatable bonds is 3. The molecule has 0 spiro atoms. The molecule has 2 aliphatic heterocycles. The van der Waals surface area contributed by atoms with E-state index in [1.54, 1.807) is 0 Å². The lowest BCUT2D eigenvalue weighted by Gasteiger charge is -2.34. The number of nitrogens with one attached hydrogen (secondary N) is 1. The Bertz CT molecular complexity index is 492. The molecule has 1 aromatic carbocycles. The lowest BCUT2D eigenvalue weighted by Crippen LogP contribution is -2.40. The summed E-state index contributed by atoms with van der Waals surface area (Å²) in [5.41, 5.74) is 2.44. The van der Waals surface area contributed by atoms with Crippen LogP contribution in [0.4, 0.5) is 5.69 Å². The maximum atomic E-state index is 6.02. The van der Waals surface area contributed by atoms with E-state index < -0.39 is 0 Å². The monoisotopic (exact) mass is 288 g/mol. The van der Waals surface area contributed by atoms with Crippen molar-refractivity contribution in [2.45, 2.75) is 58.1 Å². The molecule has 3 heteroatoms. The van der Waals surface area contributed by atoms with Crippen molar-refractivity contribution in [1.82, 2.24) is 4.90 Å². The maximum Gasteiger partial charge on any atom is 0.143 e. The number of piperidine rings is 1. The molecule has 1 N–H and O–H groups in total. The average Bonchev–Trinajstić information content (AvgIpc) is 2.48. The molecule has 0 aromatic heterocycles. The molecule has 0 radical (unpaired) electrons. The van der Waals surface area contributed by atoms with Crippen molar-refractivity contribution in [3.63, 3.8) is 0 Å². The highest BCUT2D eigenvalue weighted by Crippen LogP contribution is 2.33. The van der Waals surface area contributed by atoms with Gasteiger partial charge in [-0.05, 0) is 70.8 Å². The van der Waals surface area contributed by atoms with Crippen LogP contribution in [-0.2, 0) is 6.42 Å². The molecule has 0 aliphatic carbocycles. The highest BCUT2D eigenvalue weighted by atomic mass is 16.5. The molecule has 1 aromatic rings. The first-order valence-electron chi connectivity index (χ1n) is 8.33. The van der Waals surface area contributed by atoms with Gasteiger partial charge in [-0.3, -0.25) is 0 Å². The van der Waals surface area contributed by atoms with Crippen molar-refractivity contribution < 1.29 is 4.74 Å². The first kappa shape index (κ1) is 14.7. The van der Waals surface area contributed by atoms with Crippen LogP contribution in [0, 0.1) is 0 Å². The second-order valence-electron chi connectivity index (χ2n) is 7.20. The van der Waals surface area contributed by atoms with Crippen LogP contribution in [0.2, 0.25) is 0 Å². The van der Waals surface area contributed by atoms with E-state index in [4.69, 9.17) is 4.74 Å². The molecule has 0 amide bonds. The van der Waals surface area contributed by atoms with Crippen LogP contribution >= 0.6 is 0 Å². The van der Waals surface area contributed by atoms with Crippen LogP contribution in [0.1, 0.15) is 45.6 Å². The van der Waals surface area contributed by atoms with E-state index in [-0.39, 0.29) is 5.60 Å². The fourth-order valence-corrected chi connectivity index (χ4v) is 3.40. The standard InChI is InChI=1S/C18H28N2O/c1-14(20-9-5-4-6-10-20)11-15-7-8-17-16(12-15)19-13-18(2,3)21-17/h7-8,12,14,19H,4-6,9-11,13H2,1-3H3. The molecular formula is C18H28N2O. The van der Waals surface area contributed by atoms with E-state index in [0.29, 0.717) is 6.04 Å². The van der Waals surface area contributed by atoms with Gasteiger partial charge >= 0.3 is 0 Å². The van der Waals surface area contributed by atoms with Gasteiger partial charge in [0.05, 0.1) is 12.2 Å². The van der Waals surface area contributed by atoms with Gasteiger partial charge in [0.25, 0.3) is 0 Å². The first-order chi connectivity index (χ1) is 10.0. The zero-order chi connectivity index (χ0) is 14.9. The Morgan fingerprint density at radius 3 is 2.76 bits per heavy atom. The Morgan fingerprint density at radius 2 is 2.00 bits per heavy atom. The maximum absolute atomic E-state index is 6.02. The van der Waals surface area contributed by atoms with Crippen molar-refractivity contribution in [1.29, 1.82) is 0 Å². The van der Waals surface area contributed by atoms with Crippen molar-refractivity contribution in [3.8, 4) is 5.75 Å². The predicted molar refractivity (Wildman–Crippen MR) is 88.2 cm³/mol. The number of benzene rings is 1. The van der Waals surface area contributed by atoms with Crippen molar-refractivity contribution >= 4 is 5.69 Å².